The summed E-state index contributed by atoms with van der Waals surface area (Å²) in [7, 11) is 0. The average molecular weight is 337 g/mol. The van der Waals surface area contributed by atoms with Gasteiger partial charge in [-0.25, -0.2) is 4.39 Å². The fourth-order valence-corrected chi connectivity index (χ4v) is 3.39. The number of hydrogen-bond donors (Lipinski definition) is 0. The van der Waals surface area contributed by atoms with Crippen molar-refractivity contribution in [2.45, 2.75) is 18.9 Å². The number of carbonyl (C=O) groups is 1. The number of nitrogens with zero attached hydrogens (tertiary/aromatic N) is 1. The lowest BCUT2D eigenvalue weighted by molar-refractivity contribution is 0.0704. The molecule has 0 radical (unpaired) electrons. The summed E-state index contributed by atoms with van der Waals surface area (Å²) < 4.78 is 18.8. The third-order valence-electron chi connectivity index (χ3n) is 4.61. The molecule has 0 N–H and O–H groups in total. The lowest BCUT2D eigenvalue weighted by atomic mass is 10.0. The highest BCUT2D eigenvalue weighted by Gasteiger charge is 2.32. The van der Waals surface area contributed by atoms with Crippen molar-refractivity contribution in [3.05, 3.63) is 82.0 Å². The molecule has 4 rings (SSSR count). The van der Waals surface area contributed by atoms with E-state index in [-0.39, 0.29) is 29.0 Å². The predicted octanol–water partition coefficient (Wildman–Crippen LogP) is 3.91. The third kappa shape index (κ3) is 2.82. The van der Waals surface area contributed by atoms with E-state index in [1.165, 1.54) is 18.2 Å². The topological polar surface area (TPSA) is 50.5 Å². The molecule has 1 amide bonds. The summed E-state index contributed by atoms with van der Waals surface area (Å²) >= 11 is 0. The molecule has 0 aliphatic carbocycles. The highest BCUT2D eigenvalue weighted by Crippen LogP contribution is 2.33. The molecule has 1 aliphatic heterocycles. The van der Waals surface area contributed by atoms with Gasteiger partial charge in [0.25, 0.3) is 5.91 Å². The van der Waals surface area contributed by atoms with Crippen LogP contribution in [0.4, 0.5) is 4.39 Å². The first-order chi connectivity index (χ1) is 12.1. The molecular formula is C20H16FNO3. The van der Waals surface area contributed by atoms with Crippen LogP contribution in [0.15, 0.2) is 63.8 Å². The summed E-state index contributed by atoms with van der Waals surface area (Å²) in [6, 6.07) is 14.2. The Morgan fingerprint density at radius 1 is 1.12 bits per heavy atom. The minimum atomic E-state index is -0.310. The van der Waals surface area contributed by atoms with Crippen LogP contribution in [0.1, 0.15) is 35.0 Å². The lowest BCUT2D eigenvalue weighted by Gasteiger charge is -2.24. The van der Waals surface area contributed by atoms with Gasteiger partial charge in [0.05, 0.1) is 11.4 Å². The van der Waals surface area contributed by atoms with E-state index in [2.05, 4.69) is 0 Å². The number of para-hydroxylation sites is 1. The molecular weight excluding hydrogens is 321 g/mol. The Morgan fingerprint density at radius 2 is 1.88 bits per heavy atom. The molecule has 1 aliphatic rings. The monoisotopic (exact) mass is 337 g/mol. The second-order valence-electron chi connectivity index (χ2n) is 6.18. The Balaban J connectivity index is 1.70. The zero-order valence-electron chi connectivity index (χ0n) is 13.4. The van der Waals surface area contributed by atoms with E-state index < -0.39 is 0 Å². The Labute approximate surface area is 143 Å². The fraction of sp³-hybridized carbons (Fsp3) is 0.200. The standard InChI is InChI=1S/C20H16FNO3/c21-14-9-7-13(8-10-14)16-5-3-11-22(16)20(24)19-12-17(23)15-4-1-2-6-18(15)25-19/h1-2,4,6-10,12,16H,3,5,11H2. The van der Waals surface area contributed by atoms with Gasteiger partial charge in [0, 0.05) is 12.6 Å². The van der Waals surface area contributed by atoms with E-state index in [4.69, 9.17) is 4.42 Å². The van der Waals surface area contributed by atoms with Gasteiger partial charge in [-0.05, 0) is 42.7 Å². The van der Waals surface area contributed by atoms with Crippen LogP contribution in [0, 0.1) is 5.82 Å². The van der Waals surface area contributed by atoms with Crippen LogP contribution in [-0.2, 0) is 0 Å². The van der Waals surface area contributed by atoms with Crippen LogP contribution in [0.2, 0.25) is 0 Å². The molecule has 25 heavy (non-hydrogen) atoms. The maximum Gasteiger partial charge on any atom is 0.290 e. The predicted molar refractivity (Wildman–Crippen MR) is 91.9 cm³/mol. The molecule has 4 nitrogen and oxygen atoms in total. The molecule has 1 fully saturated rings. The first-order valence-electron chi connectivity index (χ1n) is 8.23. The number of halogens is 1. The highest BCUT2D eigenvalue weighted by molar-refractivity contribution is 5.93. The Kier molecular flexibility index (Phi) is 3.84. The Morgan fingerprint density at radius 3 is 2.68 bits per heavy atom. The largest absolute Gasteiger partial charge is 0.451 e. The minimum Gasteiger partial charge on any atom is -0.451 e. The first-order valence-corrected chi connectivity index (χ1v) is 8.23. The van der Waals surface area contributed by atoms with E-state index in [0.717, 1.165) is 18.4 Å². The molecule has 5 heteroatoms. The van der Waals surface area contributed by atoms with Crippen LogP contribution >= 0.6 is 0 Å². The van der Waals surface area contributed by atoms with Crippen LogP contribution in [0.5, 0.6) is 0 Å². The molecule has 0 spiro atoms. The van der Waals surface area contributed by atoms with Crippen LogP contribution < -0.4 is 5.43 Å². The van der Waals surface area contributed by atoms with Gasteiger partial charge in [0.1, 0.15) is 11.4 Å². The fourth-order valence-electron chi connectivity index (χ4n) is 3.39. The second-order valence-corrected chi connectivity index (χ2v) is 6.18. The summed E-state index contributed by atoms with van der Waals surface area (Å²) in [5.74, 6) is -0.576. The molecule has 0 saturated carbocycles. The van der Waals surface area contributed by atoms with E-state index in [1.807, 2.05) is 0 Å². The average Bonchev–Trinajstić information content (AvgIpc) is 3.11. The van der Waals surface area contributed by atoms with Gasteiger partial charge in [-0.3, -0.25) is 9.59 Å². The summed E-state index contributed by atoms with van der Waals surface area (Å²) in [4.78, 5) is 26.8. The SMILES string of the molecule is O=C(c1cc(=O)c2ccccc2o1)N1CCCC1c1ccc(F)cc1. The van der Waals surface area contributed by atoms with Crippen LogP contribution in [0.3, 0.4) is 0 Å². The smallest absolute Gasteiger partial charge is 0.290 e. The van der Waals surface area contributed by atoms with Crippen molar-refractivity contribution in [3.63, 3.8) is 0 Å². The molecule has 2 heterocycles. The number of carbonyl (C=O) groups excluding carboxylic acids is 1. The van der Waals surface area contributed by atoms with Gasteiger partial charge in [-0.15, -0.1) is 0 Å². The quantitative estimate of drug-likeness (QED) is 0.712. The Bertz CT molecular complexity index is 994. The maximum atomic E-state index is 13.2. The maximum absolute atomic E-state index is 13.2. The van der Waals surface area contributed by atoms with Crippen molar-refractivity contribution in [2.75, 3.05) is 6.54 Å². The highest BCUT2D eigenvalue weighted by atomic mass is 19.1. The third-order valence-corrected chi connectivity index (χ3v) is 4.61. The number of likely N-dealkylation sites (tertiary alicyclic amines) is 1. The summed E-state index contributed by atoms with van der Waals surface area (Å²) in [5, 5.41) is 0.454. The molecule has 126 valence electrons. The van der Waals surface area contributed by atoms with Crippen molar-refractivity contribution < 1.29 is 13.6 Å². The number of amides is 1. The first kappa shape index (κ1) is 15.6. The van der Waals surface area contributed by atoms with Crippen molar-refractivity contribution >= 4 is 16.9 Å². The number of benzene rings is 2. The molecule has 3 aromatic rings. The molecule has 1 unspecified atom stereocenters. The van der Waals surface area contributed by atoms with Gasteiger partial charge in [-0.2, -0.15) is 0 Å². The Hall–Kier alpha value is -2.95. The second kappa shape index (κ2) is 6.16. The van der Waals surface area contributed by atoms with E-state index in [9.17, 15) is 14.0 Å². The number of fused-ring (bicyclic) bond motifs is 1. The van der Waals surface area contributed by atoms with Crippen molar-refractivity contribution in [3.8, 4) is 0 Å². The van der Waals surface area contributed by atoms with E-state index in [0.29, 0.717) is 17.5 Å². The number of hydrogen-bond acceptors (Lipinski definition) is 3. The molecule has 2 aromatic carbocycles. The molecule has 1 aromatic heterocycles. The molecule has 0 bridgehead atoms. The van der Waals surface area contributed by atoms with Gasteiger partial charge in [0.15, 0.2) is 11.2 Å². The zero-order valence-corrected chi connectivity index (χ0v) is 13.4. The van der Waals surface area contributed by atoms with E-state index in [1.54, 1.807) is 41.3 Å². The van der Waals surface area contributed by atoms with Gasteiger partial charge >= 0.3 is 0 Å². The molecule has 1 saturated heterocycles. The number of rotatable bonds is 2. The van der Waals surface area contributed by atoms with E-state index >= 15 is 0 Å². The molecule has 1 atom stereocenters. The summed E-state index contributed by atoms with van der Waals surface area (Å²) in [5.41, 5.74) is 1.05. The van der Waals surface area contributed by atoms with Gasteiger partial charge < -0.3 is 9.32 Å². The summed E-state index contributed by atoms with van der Waals surface area (Å²) in [6.45, 7) is 0.581. The van der Waals surface area contributed by atoms with Crippen molar-refractivity contribution in [1.29, 1.82) is 0 Å². The normalized spacial score (nSPS) is 17.2. The van der Waals surface area contributed by atoms with Crippen molar-refractivity contribution in [2.24, 2.45) is 0 Å². The van der Waals surface area contributed by atoms with Gasteiger partial charge in [-0.1, -0.05) is 24.3 Å². The van der Waals surface area contributed by atoms with Crippen LogP contribution in [-0.4, -0.2) is 17.4 Å². The zero-order chi connectivity index (χ0) is 17.4. The van der Waals surface area contributed by atoms with Crippen molar-refractivity contribution in [1.82, 2.24) is 4.90 Å². The van der Waals surface area contributed by atoms with Gasteiger partial charge in [0.2, 0.25) is 0 Å². The summed E-state index contributed by atoms with van der Waals surface area (Å²) in [6.07, 6.45) is 1.65. The lowest BCUT2D eigenvalue weighted by Crippen LogP contribution is -2.31. The minimum absolute atomic E-state index is 0.0395. The van der Waals surface area contributed by atoms with Crippen LogP contribution in [0.25, 0.3) is 11.0 Å².